The van der Waals surface area contributed by atoms with E-state index in [0.29, 0.717) is 17.1 Å². The molecule has 0 aliphatic carbocycles. The summed E-state index contributed by atoms with van der Waals surface area (Å²) in [6.07, 6.45) is 0.642. The maximum Gasteiger partial charge on any atom is 0.302 e. The highest BCUT2D eigenvalue weighted by molar-refractivity contribution is 7.16. The maximum absolute atomic E-state index is 12.8. The molecule has 0 saturated heterocycles. The average Bonchev–Trinajstić information content (AvgIpc) is 3.19. The summed E-state index contributed by atoms with van der Waals surface area (Å²) in [5.74, 6) is 0. The van der Waals surface area contributed by atoms with Crippen LogP contribution in [0.1, 0.15) is 10.6 Å². The Morgan fingerprint density at radius 2 is 1.34 bits per heavy atom. The van der Waals surface area contributed by atoms with Crippen LogP contribution in [-0.4, -0.2) is 19.8 Å². The topological polar surface area (TPSA) is 60.2 Å². The third-order valence-corrected chi connectivity index (χ3v) is 5.59. The summed E-state index contributed by atoms with van der Waals surface area (Å²) in [4.78, 5) is 13.3. The molecule has 6 heteroatoms. The molecule has 0 atom stereocenters. The standard InChI is InChI=1S/C23H16N4OS/c28-22-21(19-9-5-2-6-10-19)24-25-23-27(22)26-20(29-23)15-16-11-13-18(14-12-16)17-7-3-1-4-8-17/h1-14H,15H2. The zero-order chi connectivity index (χ0) is 19.6. The summed E-state index contributed by atoms with van der Waals surface area (Å²) in [6.45, 7) is 0. The number of fused-ring (bicyclic) bond motifs is 1. The quantitative estimate of drug-likeness (QED) is 0.450. The monoisotopic (exact) mass is 396 g/mol. The summed E-state index contributed by atoms with van der Waals surface area (Å²) in [5, 5.41) is 13.7. The molecule has 2 heterocycles. The highest BCUT2D eigenvalue weighted by Gasteiger charge is 2.13. The molecule has 5 nitrogen and oxygen atoms in total. The summed E-state index contributed by atoms with van der Waals surface area (Å²) < 4.78 is 1.35. The predicted octanol–water partition coefficient (Wildman–Crippen LogP) is 4.47. The number of aromatic nitrogens is 4. The Morgan fingerprint density at radius 3 is 2.03 bits per heavy atom. The molecular weight excluding hydrogens is 380 g/mol. The second-order valence-corrected chi connectivity index (χ2v) is 7.69. The summed E-state index contributed by atoms with van der Waals surface area (Å²) >= 11 is 1.39. The van der Waals surface area contributed by atoms with Crippen LogP contribution >= 0.6 is 11.3 Å². The van der Waals surface area contributed by atoms with Crippen LogP contribution in [0.3, 0.4) is 0 Å². The van der Waals surface area contributed by atoms with Gasteiger partial charge in [-0.2, -0.15) is 9.61 Å². The minimum absolute atomic E-state index is 0.247. The van der Waals surface area contributed by atoms with Crippen molar-refractivity contribution in [3.8, 4) is 22.4 Å². The van der Waals surface area contributed by atoms with Gasteiger partial charge >= 0.3 is 5.56 Å². The second kappa shape index (κ2) is 7.41. The van der Waals surface area contributed by atoms with Crippen molar-refractivity contribution in [1.82, 2.24) is 19.8 Å². The van der Waals surface area contributed by atoms with Gasteiger partial charge in [-0.15, -0.1) is 10.2 Å². The zero-order valence-corrected chi connectivity index (χ0v) is 16.2. The predicted molar refractivity (Wildman–Crippen MR) is 115 cm³/mol. The lowest BCUT2D eigenvalue weighted by atomic mass is 10.0. The van der Waals surface area contributed by atoms with Crippen LogP contribution < -0.4 is 5.56 Å². The Kier molecular flexibility index (Phi) is 4.46. The zero-order valence-electron chi connectivity index (χ0n) is 15.4. The minimum Gasteiger partial charge on any atom is -0.265 e. The van der Waals surface area contributed by atoms with E-state index in [1.165, 1.54) is 27.0 Å². The normalized spacial score (nSPS) is 11.0. The molecule has 0 saturated carbocycles. The van der Waals surface area contributed by atoms with Gasteiger partial charge in [0.2, 0.25) is 4.96 Å². The van der Waals surface area contributed by atoms with E-state index >= 15 is 0 Å². The van der Waals surface area contributed by atoms with Gasteiger partial charge < -0.3 is 0 Å². The van der Waals surface area contributed by atoms with E-state index in [2.05, 4.69) is 51.7 Å². The van der Waals surface area contributed by atoms with Crippen LogP contribution in [0.5, 0.6) is 0 Å². The molecule has 0 bridgehead atoms. The maximum atomic E-state index is 12.8. The van der Waals surface area contributed by atoms with Crippen molar-refractivity contribution in [3.05, 3.63) is 106 Å². The van der Waals surface area contributed by atoms with E-state index in [1.807, 2.05) is 48.5 Å². The van der Waals surface area contributed by atoms with Crippen LogP contribution in [0.25, 0.3) is 27.3 Å². The van der Waals surface area contributed by atoms with Crippen LogP contribution in [0.15, 0.2) is 89.7 Å². The first-order chi connectivity index (χ1) is 14.3. The van der Waals surface area contributed by atoms with Gasteiger partial charge in [0.15, 0.2) is 5.69 Å². The first kappa shape index (κ1) is 17.5. The molecule has 0 amide bonds. The Morgan fingerprint density at radius 1 is 0.724 bits per heavy atom. The van der Waals surface area contributed by atoms with Crippen LogP contribution in [-0.2, 0) is 6.42 Å². The van der Waals surface area contributed by atoms with Gasteiger partial charge in [-0.25, -0.2) is 0 Å². The van der Waals surface area contributed by atoms with E-state index in [4.69, 9.17) is 0 Å². The van der Waals surface area contributed by atoms with Gasteiger partial charge in [-0.05, 0) is 16.7 Å². The Hall–Kier alpha value is -3.64. The van der Waals surface area contributed by atoms with Crippen LogP contribution in [0.4, 0.5) is 0 Å². The fourth-order valence-corrected chi connectivity index (χ4v) is 4.09. The number of hydrogen-bond acceptors (Lipinski definition) is 5. The molecular formula is C23H16N4OS. The Balaban J connectivity index is 1.44. The van der Waals surface area contributed by atoms with Gasteiger partial charge in [-0.1, -0.05) is 96.3 Å². The van der Waals surface area contributed by atoms with Gasteiger partial charge in [0.25, 0.3) is 0 Å². The summed E-state index contributed by atoms with van der Waals surface area (Å²) in [5.41, 5.74) is 4.30. The minimum atomic E-state index is -0.247. The molecule has 29 heavy (non-hydrogen) atoms. The first-order valence-corrected chi connectivity index (χ1v) is 10.0. The van der Waals surface area contributed by atoms with Crippen molar-refractivity contribution in [2.75, 3.05) is 0 Å². The van der Waals surface area contributed by atoms with E-state index in [1.54, 1.807) is 0 Å². The Labute approximate surface area is 170 Å². The molecule has 3 aromatic carbocycles. The van der Waals surface area contributed by atoms with Crippen LogP contribution in [0.2, 0.25) is 0 Å². The van der Waals surface area contributed by atoms with E-state index in [0.717, 1.165) is 16.1 Å². The molecule has 0 spiro atoms. The Bertz CT molecular complexity index is 1330. The van der Waals surface area contributed by atoms with Gasteiger partial charge in [0, 0.05) is 12.0 Å². The molecule has 0 radical (unpaired) electrons. The number of nitrogens with zero attached hydrogens (tertiary/aromatic N) is 4. The van der Waals surface area contributed by atoms with Crippen molar-refractivity contribution < 1.29 is 0 Å². The number of rotatable bonds is 4. The van der Waals surface area contributed by atoms with E-state index in [9.17, 15) is 4.79 Å². The van der Waals surface area contributed by atoms with Crippen molar-refractivity contribution in [2.45, 2.75) is 6.42 Å². The number of benzene rings is 3. The third kappa shape index (κ3) is 3.46. The highest BCUT2D eigenvalue weighted by Crippen LogP contribution is 2.22. The highest BCUT2D eigenvalue weighted by atomic mass is 32.1. The largest absolute Gasteiger partial charge is 0.302 e. The smallest absolute Gasteiger partial charge is 0.265 e. The molecule has 0 unspecified atom stereocenters. The molecule has 5 rings (SSSR count). The molecule has 0 aliphatic rings. The van der Waals surface area contributed by atoms with Gasteiger partial charge in [0.1, 0.15) is 5.01 Å². The fraction of sp³-hybridized carbons (Fsp3) is 0.0435. The van der Waals surface area contributed by atoms with Crippen molar-refractivity contribution >= 4 is 16.3 Å². The molecule has 0 aliphatic heterocycles. The second-order valence-electron chi connectivity index (χ2n) is 6.65. The lowest BCUT2D eigenvalue weighted by Crippen LogP contribution is -2.19. The van der Waals surface area contributed by atoms with Crippen molar-refractivity contribution in [2.24, 2.45) is 0 Å². The number of hydrogen-bond donors (Lipinski definition) is 0. The first-order valence-electron chi connectivity index (χ1n) is 9.23. The lowest BCUT2D eigenvalue weighted by molar-refractivity contribution is 0.837. The van der Waals surface area contributed by atoms with Crippen LogP contribution in [0, 0.1) is 0 Å². The molecule has 0 N–H and O–H groups in total. The fourth-order valence-electron chi connectivity index (χ4n) is 3.22. The molecule has 0 fully saturated rings. The SMILES string of the molecule is O=c1c(-c2ccccc2)nnc2sc(Cc3ccc(-c4ccccc4)cc3)nn12. The van der Waals surface area contributed by atoms with E-state index in [-0.39, 0.29) is 5.56 Å². The van der Waals surface area contributed by atoms with Gasteiger partial charge in [-0.3, -0.25) is 4.79 Å². The average molecular weight is 396 g/mol. The van der Waals surface area contributed by atoms with E-state index < -0.39 is 0 Å². The van der Waals surface area contributed by atoms with Crippen molar-refractivity contribution in [3.63, 3.8) is 0 Å². The van der Waals surface area contributed by atoms with Crippen molar-refractivity contribution in [1.29, 1.82) is 0 Å². The molecule has 2 aromatic heterocycles. The summed E-state index contributed by atoms with van der Waals surface area (Å²) in [7, 11) is 0. The molecule has 5 aromatic rings. The third-order valence-electron chi connectivity index (χ3n) is 4.70. The van der Waals surface area contributed by atoms with Gasteiger partial charge in [0.05, 0.1) is 0 Å². The lowest BCUT2D eigenvalue weighted by Gasteiger charge is -2.03. The molecule has 140 valence electrons. The summed E-state index contributed by atoms with van der Waals surface area (Å²) in [6, 6.07) is 28.0.